The van der Waals surface area contributed by atoms with Gasteiger partial charge in [-0.2, -0.15) is 0 Å². The summed E-state index contributed by atoms with van der Waals surface area (Å²) in [6.45, 7) is 1.66. The third-order valence-electron chi connectivity index (χ3n) is 2.41. The Balaban J connectivity index is 2.04. The third-order valence-corrected chi connectivity index (χ3v) is 2.90. The Bertz CT molecular complexity index is 422. The number of carbonyl (C=O) groups is 1. The molecule has 0 spiro atoms. The second kappa shape index (κ2) is 5.57. The standard InChI is InChI=1S/C11H12BrFN2O2/c12-7-1-2-8(13)9(5-7)15-11(16)10-6-14-3-4-17-10/h1-2,5,10,14H,3-4,6H2,(H,15,16). The van der Waals surface area contributed by atoms with Crippen molar-refractivity contribution in [3.63, 3.8) is 0 Å². The molecule has 6 heteroatoms. The van der Waals surface area contributed by atoms with E-state index in [0.29, 0.717) is 17.6 Å². The molecule has 0 bridgehead atoms. The molecule has 0 aliphatic carbocycles. The third kappa shape index (κ3) is 3.24. The lowest BCUT2D eigenvalue weighted by Crippen LogP contribution is -2.45. The number of ether oxygens (including phenoxy) is 1. The average molecular weight is 303 g/mol. The molecule has 2 N–H and O–H groups in total. The highest BCUT2D eigenvalue weighted by Gasteiger charge is 2.22. The van der Waals surface area contributed by atoms with E-state index in [4.69, 9.17) is 4.74 Å². The molecule has 1 aromatic carbocycles. The number of amides is 1. The van der Waals surface area contributed by atoms with Gasteiger partial charge in [0, 0.05) is 17.6 Å². The number of benzene rings is 1. The van der Waals surface area contributed by atoms with Crippen LogP contribution in [0.25, 0.3) is 0 Å². The first-order valence-corrected chi connectivity index (χ1v) is 6.04. The van der Waals surface area contributed by atoms with Crippen LogP contribution >= 0.6 is 15.9 Å². The van der Waals surface area contributed by atoms with E-state index in [-0.39, 0.29) is 11.6 Å². The maximum Gasteiger partial charge on any atom is 0.254 e. The molecule has 1 aliphatic rings. The Morgan fingerprint density at radius 2 is 2.41 bits per heavy atom. The summed E-state index contributed by atoms with van der Waals surface area (Å²) < 4.78 is 19.4. The lowest BCUT2D eigenvalue weighted by Gasteiger charge is -2.22. The first-order valence-electron chi connectivity index (χ1n) is 5.25. The molecule has 1 aliphatic heterocycles. The second-order valence-corrected chi connectivity index (χ2v) is 4.59. The van der Waals surface area contributed by atoms with Crippen LogP contribution in [-0.4, -0.2) is 31.7 Å². The number of hydrogen-bond donors (Lipinski definition) is 2. The normalized spacial score (nSPS) is 20.0. The van der Waals surface area contributed by atoms with Crippen LogP contribution in [0.5, 0.6) is 0 Å². The van der Waals surface area contributed by atoms with Crippen molar-refractivity contribution in [1.82, 2.24) is 5.32 Å². The van der Waals surface area contributed by atoms with E-state index in [2.05, 4.69) is 26.6 Å². The smallest absolute Gasteiger partial charge is 0.254 e. The van der Waals surface area contributed by atoms with Gasteiger partial charge in [-0.15, -0.1) is 0 Å². The van der Waals surface area contributed by atoms with Gasteiger partial charge in [-0.1, -0.05) is 15.9 Å². The molecule has 0 radical (unpaired) electrons. The summed E-state index contributed by atoms with van der Waals surface area (Å²) in [5.74, 6) is -0.806. The molecule has 0 aromatic heterocycles. The van der Waals surface area contributed by atoms with E-state index in [1.165, 1.54) is 12.1 Å². The zero-order valence-electron chi connectivity index (χ0n) is 9.00. The molecule has 1 unspecified atom stereocenters. The minimum atomic E-state index is -0.567. The minimum absolute atomic E-state index is 0.151. The van der Waals surface area contributed by atoms with Crippen molar-refractivity contribution in [3.8, 4) is 0 Å². The van der Waals surface area contributed by atoms with E-state index in [1.807, 2.05) is 0 Å². The fourth-order valence-corrected chi connectivity index (χ4v) is 1.90. The van der Waals surface area contributed by atoms with Gasteiger partial charge in [0.15, 0.2) is 0 Å². The largest absolute Gasteiger partial charge is 0.366 e. The second-order valence-electron chi connectivity index (χ2n) is 3.68. The molecule has 17 heavy (non-hydrogen) atoms. The van der Waals surface area contributed by atoms with Gasteiger partial charge in [-0.25, -0.2) is 4.39 Å². The Morgan fingerprint density at radius 3 is 3.12 bits per heavy atom. The molecule has 1 fully saturated rings. The summed E-state index contributed by atoms with van der Waals surface area (Å²) in [5.41, 5.74) is 0.151. The van der Waals surface area contributed by atoms with Gasteiger partial charge in [-0.3, -0.25) is 4.79 Å². The first-order chi connectivity index (χ1) is 8.16. The maximum absolute atomic E-state index is 13.4. The molecule has 1 saturated heterocycles. The fourth-order valence-electron chi connectivity index (χ4n) is 1.54. The lowest BCUT2D eigenvalue weighted by molar-refractivity contribution is -0.128. The van der Waals surface area contributed by atoms with Gasteiger partial charge in [0.2, 0.25) is 0 Å². The molecule has 1 atom stereocenters. The van der Waals surface area contributed by atoms with E-state index in [0.717, 1.165) is 6.54 Å². The van der Waals surface area contributed by atoms with Crippen LogP contribution in [0.15, 0.2) is 22.7 Å². The molecule has 1 aromatic rings. The zero-order valence-corrected chi connectivity index (χ0v) is 10.6. The number of morpholine rings is 1. The molecule has 4 nitrogen and oxygen atoms in total. The fraction of sp³-hybridized carbons (Fsp3) is 0.364. The van der Waals surface area contributed by atoms with Crippen LogP contribution in [0, 0.1) is 5.82 Å². The van der Waals surface area contributed by atoms with E-state index < -0.39 is 11.9 Å². The highest BCUT2D eigenvalue weighted by Crippen LogP contribution is 2.20. The Labute approximate surface area is 107 Å². The summed E-state index contributed by atoms with van der Waals surface area (Å²) in [4.78, 5) is 11.8. The summed E-state index contributed by atoms with van der Waals surface area (Å²) in [6.07, 6.45) is -0.567. The predicted molar refractivity (Wildman–Crippen MR) is 65.3 cm³/mol. The summed E-state index contributed by atoms with van der Waals surface area (Å²) in [5, 5.41) is 5.55. The maximum atomic E-state index is 13.4. The molecule has 1 heterocycles. The molecule has 2 rings (SSSR count). The van der Waals surface area contributed by atoms with Gasteiger partial charge >= 0.3 is 0 Å². The predicted octanol–water partition coefficient (Wildman–Crippen LogP) is 1.52. The van der Waals surface area contributed by atoms with Crippen LogP contribution < -0.4 is 10.6 Å². The summed E-state index contributed by atoms with van der Waals surface area (Å²) in [6, 6.07) is 4.38. The summed E-state index contributed by atoms with van der Waals surface area (Å²) >= 11 is 3.22. The SMILES string of the molecule is O=C(Nc1cc(Br)ccc1F)C1CNCCO1. The quantitative estimate of drug-likeness (QED) is 0.871. The molecule has 1 amide bonds. The van der Waals surface area contributed by atoms with Crippen LogP contribution in [0.1, 0.15) is 0 Å². The van der Waals surface area contributed by atoms with Gasteiger partial charge < -0.3 is 15.4 Å². The monoisotopic (exact) mass is 302 g/mol. The van der Waals surface area contributed by atoms with Gasteiger partial charge in [0.25, 0.3) is 5.91 Å². The minimum Gasteiger partial charge on any atom is -0.366 e. The zero-order chi connectivity index (χ0) is 12.3. The summed E-state index contributed by atoms with van der Waals surface area (Å²) in [7, 11) is 0. The Hall–Kier alpha value is -0.980. The van der Waals surface area contributed by atoms with Crippen molar-refractivity contribution in [2.45, 2.75) is 6.10 Å². The van der Waals surface area contributed by atoms with Gasteiger partial charge in [-0.05, 0) is 18.2 Å². The number of halogens is 2. The van der Waals surface area contributed by atoms with Crippen LogP contribution in [-0.2, 0) is 9.53 Å². The average Bonchev–Trinajstić information content (AvgIpc) is 2.35. The van der Waals surface area contributed by atoms with Crippen LogP contribution in [0.3, 0.4) is 0 Å². The van der Waals surface area contributed by atoms with Crippen LogP contribution in [0.4, 0.5) is 10.1 Å². The van der Waals surface area contributed by atoms with E-state index in [1.54, 1.807) is 6.07 Å². The highest BCUT2D eigenvalue weighted by molar-refractivity contribution is 9.10. The lowest BCUT2D eigenvalue weighted by atomic mass is 10.2. The van der Waals surface area contributed by atoms with Crippen molar-refractivity contribution >= 4 is 27.5 Å². The van der Waals surface area contributed by atoms with Crippen molar-refractivity contribution in [2.75, 3.05) is 25.0 Å². The van der Waals surface area contributed by atoms with E-state index >= 15 is 0 Å². The van der Waals surface area contributed by atoms with E-state index in [9.17, 15) is 9.18 Å². The number of nitrogens with one attached hydrogen (secondary N) is 2. The number of carbonyl (C=O) groups excluding carboxylic acids is 1. The highest BCUT2D eigenvalue weighted by atomic mass is 79.9. The number of anilines is 1. The number of rotatable bonds is 2. The molecule has 92 valence electrons. The Kier molecular flexibility index (Phi) is 4.09. The molecule has 0 saturated carbocycles. The van der Waals surface area contributed by atoms with Gasteiger partial charge in [0.1, 0.15) is 11.9 Å². The molecular formula is C11H12BrFN2O2. The topological polar surface area (TPSA) is 50.4 Å². The first kappa shape index (κ1) is 12.5. The Morgan fingerprint density at radius 1 is 1.59 bits per heavy atom. The van der Waals surface area contributed by atoms with Gasteiger partial charge in [0.05, 0.1) is 12.3 Å². The number of hydrogen-bond acceptors (Lipinski definition) is 3. The molecular weight excluding hydrogens is 291 g/mol. The van der Waals surface area contributed by atoms with Crippen molar-refractivity contribution in [2.24, 2.45) is 0 Å². The van der Waals surface area contributed by atoms with Crippen molar-refractivity contribution in [1.29, 1.82) is 0 Å². The van der Waals surface area contributed by atoms with Crippen molar-refractivity contribution < 1.29 is 13.9 Å². The van der Waals surface area contributed by atoms with Crippen molar-refractivity contribution in [3.05, 3.63) is 28.5 Å². The van der Waals surface area contributed by atoms with Crippen LogP contribution in [0.2, 0.25) is 0 Å².